The first-order valence-corrected chi connectivity index (χ1v) is 7.14. The SMILES string of the molecule is NC(=[NH2+])SCc1c2ccccc2cc2ccccc12.[Cl-]. The van der Waals surface area contributed by atoms with Crippen LogP contribution in [0.4, 0.5) is 0 Å². The van der Waals surface area contributed by atoms with Crippen molar-refractivity contribution in [2.75, 3.05) is 0 Å². The zero-order valence-electron chi connectivity index (χ0n) is 10.8. The van der Waals surface area contributed by atoms with Gasteiger partial charge >= 0.3 is 0 Å². The third kappa shape index (κ3) is 2.74. The molecule has 0 aliphatic rings. The molecule has 3 rings (SSSR count). The van der Waals surface area contributed by atoms with Crippen LogP contribution in [0.1, 0.15) is 5.56 Å². The van der Waals surface area contributed by atoms with Gasteiger partial charge < -0.3 is 12.4 Å². The lowest BCUT2D eigenvalue weighted by Crippen LogP contribution is -3.00. The first-order valence-electron chi connectivity index (χ1n) is 6.16. The van der Waals surface area contributed by atoms with E-state index in [1.807, 2.05) is 0 Å². The predicted molar refractivity (Wildman–Crippen MR) is 83.9 cm³/mol. The molecule has 0 bridgehead atoms. The molecule has 0 atom stereocenters. The van der Waals surface area contributed by atoms with Crippen molar-refractivity contribution >= 4 is 38.5 Å². The van der Waals surface area contributed by atoms with Gasteiger partial charge in [0.25, 0.3) is 5.17 Å². The molecule has 0 aromatic heterocycles. The largest absolute Gasteiger partial charge is 1.00 e. The van der Waals surface area contributed by atoms with Crippen LogP contribution in [-0.4, -0.2) is 5.17 Å². The summed E-state index contributed by atoms with van der Waals surface area (Å²) < 4.78 is 0. The van der Waals surface area contributed by atoms with Crippen LogP contribution >= 0.6 is 11.8 Å². The lowest BCUT2D eigenvalue weighted by atomic mass is 9.98. The highest BCUT2D eigenvalue weighted by molar-refractivity contribution is 8.12. The fraction of sp³-hybridized carbons (Fsp3) is 0.0625. The van der Waals surface area contributed by atoms with Gasteiger partial charge in [0, 0.05) is 5.75 Å². The first-order chi connectivity index (χ1) is 9.25. The molecule has 0 amide bonds. The molecule has 0 aliphatic heterocycles. The Morgan fingerprint density at radius 2 is 1.45 bits per heavy atom. The summed E-state index contributed by atoms with van der Waals surface area (Å²) in [6, 6.07) is 19.1. The first kappa shape index (κ1) is 14.7. The predicted octanol–water partition coefficient (Wildman–Crippen LogP) is -0.696. The van der Waals surface area contributed by atoms with E-state index in [1.165, 1.54) is 38.9 Å². The second-order valence-corrected chi connectivity index (χ2v) is 5.54. The van der Waals surface area contributed by atoms with Crippen molar-refractivity contribution in [2.45, 2.75) is 5.75 Å². The van der Waals surface area contributed by atoms with E-state index in [-0.39, 0.29) is 12.4 Å². The summed E-state index contributed by atoms with van der Waals surface area (Å²) >= 11 is 1.49. The Morgan fingerprint density at radius 1 is 0.950 bits per heavy atom. The van der Waals surface area contributed by atoms with Gasteiger partial charge in [-0.1, -0.05) is 48.5 Å². The van der Waals surface area contributed by atoms with Crippen LogP contribution in [0.3, 0.4) is 0 Å². The Labute approximate surface area is 128 Å². The van der Waals surface area contributed by atoms with Gasteiger partial charge in [0.05, 0.1) is 0 Å². The molecule has 0 radical (unpaired) electrons. The number of rotatable bonds is 2. The number of thioether (sulfide) groups is 1. The van der Waals surface area contributed by atoms with Gasteiger partial charge in [-0.15, -0.1) is 0 Å². The molecule has 20 heavy (non-hydrogen) atoms. The number of halogens is 1. The van der Waals surface area contributed by atoms with E-state index in [9.17, 15) is 0 Å². The molecule has 0 aliphatic carbocycles. The van der Waals surface area contributed by atoms with E-state index in [0.29, 0.717) is 5.17 Å². The normalized spacial score (nSPS) is 10.4. The number of fused-ring (bicyclic) bond motifs is 2. The third-order valence-corrected chi connectivity index (χ3v) is 4.03. The maximum absolute atomic E-state index is 5.59. The Hall–Kier alpha value is -1.71. The van der Waals surface area contributed by atoms with Crippen molar-refractivity contribution in [3.05, 3.63) is 60.2 Å². The summed E-state index contributed by atoms with van der Waals surface area (Å²) in [6.45, 7) is 0. The van der Waals surface area contributed by atoms with Crippen molar-refractivity contribution in [3.8, 4) is 0 Å². The Balaban J connectivity index is 0.00000147. The molecular formula is C16H15ClN2S. The third-order valence-electron chi connectivity index (χ3n) is 3.27. The van der Waals surface area contributed by atoms with Crippen LogP contribution in [0.25, 0.3) is 21.5 Å². The van der Waals surface area contributed by atoms with Crippen LogP contribution in [0.15, 0.2) is 54.6 Å². The van der Waals surface area contributed by atoms with E-state index in [4.69, 9.17) is 11.1 Å². The summed E-state index contributed by atoms with van der Waals surface area (Å²) in [7, 11) is 0. The monoisotopic (exact) mass is 302 g/mol. The minimum absolute atomic E-state index is 0. The van der Waals surface area contributed by atoms with Crippen molar-refractivity contribution in [2.24, 2.45) is 5.73 Å². The number of benzene rings is 3. The van der Waals surface area contributed by atoms with Crippen LogP contribution in [0, 0.1) is 0 Å². The van der Waals surface area contributed by atoms with Gasteiger partial charge in [-0.2, -0.15) is 0 Å². The van der Waals surface area contributed by atoms with E-state index in [1.54, 1.807) is 0 Å². The van der Waals surface area contributed by atoms with Crippen LogP contribution < -0.4 is 23.5 Å². The summed E-state index contributed by atoms with van der Waals surface area (Å²) in [5, 5.41) is 11.1. The molecule has 0 heterocycles. The van der Waals surface area contributed by atoms with Crippen LogP contribution in [0.5, 0.6) is 0 Å². The highest BCUT2D eigenvalue weighted by Gasteiger charge is 2.08. The zero-order valence-corrected chi connectivity index (χ0v) is 12.4. The van der Waals surface area contributed by atoms with E-state index in [2.05, 4.69) is 54.6 Å². The maximum Gasteiger partial charge on any atom is 0.300 e. The number of hydrogen-bond donors (Lipinski definition) is 2. The van der Waals surface area contributed by atoms with Crippen LogP contribution in [0.2, 0.25) is 0 Å². The van der Waals surface area contributed by atoms with Gasteiger partial charge in [0.2, 0.25) is 0 Å². The highest BCUT2D eigenvalue weighted by Crippen LogP contribution is 2.30. The number of amidine groups is 1. The lowest BCUT2D eigenvalue weighted by molar-refractivity contribution is -0.110. The average Bonchev–Trinajstić information content (AvgIpc) is 2.43. The number of hydrogen-bond acceptors (Lipinski definition) is 1. The fourth-order valence-electron chi connectivity index (χ4n) is 2.42. The molecule has 0 spiro atoms. The second-order valence-electron chi connectivity index (χ2n) is 4.49. The van der Waals surface area contributed by atoms with Crippen molar-refractivity contribution in [3.63, 3.8) is 0 Å². The molecule has 0 unspecified atom stereocenters. The number of nitrogens with two attached hydrogens (primary N) is 2. The van der Waals surface area contributed by atoms with Crippen molar-refractivity contribution < 1.29 is 17.8 Å². The molecule has 4 N–H and O–H groups in total. The topological polar surface area (TPSA) is 51.6 Å². The van der Waals surface area contributed by atoms with Gasteiger partial charge in [-0.25, -0.2) is 0 Å². The Kier molecular flexibility index (Phi) is 4.53. The van der Waals surface area contributed by atoms with Crippen molar-refractivity contribution in [1.29, 1.82) is 0 Å². The second kappa shape index (κ2) is 6.16. The van der Waals surface area contributed by atoms with Gasteiger partial charge in [-0.05, 0) is 44.9 Å². The summed E-state index contributed by atoms with van der Waals surface area (Å²) in [5.74, 6) is 0.796. The molecule has 0 saturated heterocycles. The standard InChI is InChI=1S/C16H14N2S.ClH/c17-16(18)19-10-15-13-7-3-1-5-11(13)9-12-6-2-4-8-14(12)15;/h1-9H,10H2,(H3,17,18);1H. The van der Waals surface area contributed by atoms with Gasteiger partial charge in [0.1, 0.15) is 0 Å². The molecule has 2 nitrogen and oxygen atoms in total. The molecule has 0 saturated carbocycles. The Morgan fingerprint density at radius 3 is 1.95 bits per heavy atom. The quantitative estimate of drug-likeness (QED) is 0.374. The molecule has 3 aromatic rings. The van der Waals surface area contributed by atoms with Crippen LogP contribution in [-0.2, 0) is 5.75 Å². The molecule has 3 aromatic carbocycles. The zero-order chi connectivity index (χ0) is 13.2. The molecule has 102 valence electrons. The lowest BCUT2D eigenvalue weighted by Gasteiger charge is -2.10. The smallest absolute Gasteiger partial charge is 0.300 e. The van der Waals surface area contributed by atoms with Gasteiger partial charge in [0.15, 0.2) is 0 Å². The molecular weight excluding hydrogens is 288 g/mol. The van der Waals surface area contributed by atoms with Crippen molar-refractivity contribution in [1.82, 2.24) is 0 Å². The fourth-order valence-corrected chi connectivity index (χ4v) is 3.04. The van der Waals surface area contributed by atoms with E-state index >= 15 is 0 Å². The van der Waals surface area contributed by atoms with Gasteiger partial charge in [-0.3, -0.25) is 11.1 Å². The van der Waals surface area contributed by atoms with E-state index < -0.39 is 0 Å². The average molecular weight is 303 g/mol. The molecule has 0 fully saturated rings. The molecule has 4 heteroatoms. The Bertz CT molecular complexity index is 717. The highest BCUT2D eigenvalue weighted by atomic mass is 35.5. The minimum atomic E-state index is 0. The maximum atomic E-state index is 5.59. The summed E-state index contributed by atoms with van der Waals surface area (Å²) in [5.41, 5.74) is 6.88. The summed E-state index contributed by atoms with van der Waals surface area (Å²) in [6.07, 6.45) is 0. The van der Waals surface area contributed by atoms with E-state index in [0.717, 1.165) is 5.75 Å². The summed E-state index contributed by atoms with van der Waals surface area (Å²) in [4.78, 5) is 0. The minimum Gasteiger partial charge on any atom is -1.00 e.